The molecule has 0 aliphatic heterocycles. The van der Waals surface area contributed by atoms with Gasteiger partial charge in [0.05, 0.1) is 7.11 Å². The topological polar surface area (TPSA) is 38.3 Å². The van der Waals surface area contributed by atoms with Crippen LogP contribution in [0.15, 0.2) is 0 Å². The molecule has 0 amide bonds. The molecule has 0 radical (unpaired) electrons. The highest BCUT2D eigenvalue weighted by atomic mass is 16.5. The molecule has 1 rings (SSSR count). The maximum atomic E-state index is 11.8. The second kappa shape index (κ2) is 6.24. The molecule has 16 heavy (non-hydrogen) atoms. The van der Waals surface area contributed by atoms with Gasteiger partial charge in [-0.25, -0.2) is 0 Å². The Morgan fingerprint density at radius 3 is 2.56 bits per heavy atom. The molecule has 0 bridgehead atoms. The van der Waals surface area contributed by atoms with Gasteiger partial charge in [-0.05, 0) is 26.2 Å². The molecule has 0 saturated heterocycles. The zero-order valence-electron chi connectivity index (χ0n) is 10.8. The monoisotopic (exact) mass is 227 g/mol. The van der Waals surface area contributed by atoms with Gasteiger partial charge in [0.2, 0.25) is 0 Å². The fourth-order valence-corrected chi connectivity index (χ4v) is 2.04. The van der Waals surface area contributed by atoms with Crippen molar-refractivity contribution in [2.24, 2.45) is 0 Å². The maximum absolute atomic E-state index is 11.8. The van der Waals surface area contributed by atoms with Crippen LogP contribution in [0.3, 0.4) is 0 Å². The molecule has 1 aliphatic rings. The first kappa shape index (κ1) is 13.5. The van der Waals surface area contributed by atoms with Gasteiger partial charge in [0.1, 0.15) is 5.54 Å². The van der Waals surface area contributed by atoms with E-state index in [1.54, 1.807) is 0 Å². The SMILES string of the molecule is CCCCCCC(C)(NC1CC1)C(=O)OC. The van der Waals surface area contributed by atoms with Crippen LogP contribution >= 0.6 is 0 Å². The van der Waals surface area contributed by atoms with Crippen LogP contribution in [0, 0.1) is 0 Å². The summed E-state index contributed by atoms with van der Waals surface area (Å²) in [5.74, 6) is -0.115. The summed E-state index contributed by atoms with van der Waals surface area (Å²) >= 11 is 0. The fourth-order valence-electron chi connectivity index (χ4n) is 2.04. The van der Waals surface area contributed by atoms with Gasteiger partial charge in [0.15, 0.2) is 0 Å². The molecule has 0 aromatic rings. The van der Waals surface area contributed by atoms with Crippen molar-refractivity contribution in [1.29, 1.82) is 0 Å². The van der Waals surface area contributed by atoms with Gasteiger partial charge in [0.25, 0.3) is 0 Å². The number of rotatable bonds is 8. The van der Waals surface area contributed by atoms with Crippen LogP contribution in [0.4, 0.5) is 0 Å². The van der Waals surface area contributed by atoms with Crippen molar-refractivity contribution in [2.75, 3.05) is 7.11 Å². The number of unbranched alkanes of at least 4 members (excludes halogenated alkanes) is 3. The summed E-state index contributed by atoms with van der Waals surface area (Å²) in [4.78, 5) is 11.8. The molecule has 0 spiro atoms. The Morgan fingerprint density at radius 1 is 1.38 bits per heavy atom. The summed E-state index contributed by atoms with van der Waals surface area (Å²) < 4.78 is 4.90. The molecule has 0 aromatic heterocycles. The van der Waals surface area contributed by atoms with E-state index in [1.165, 1.54) is 39.2 Å². The predicted octanol–water partition coefficient (Wildman–Crippen LogP) is 2.64. The normalized spacial score (nSPS) is 19.2. The lowest BCUT2D eigenvalue weighted by Gasteiger charge is -2.28. The van der Waals surface area contributed by atoms with Crippen LogP contribution < -0.4 is 5.32 Å². The second-order valence-electron chi connectivity index (χ2n) is 5.05. The van der Waals surface area contributed by atoms with E-state index < -0.39 is 5.54 Å². The Balaban J connectivity index is 2.38. The molecule has 0 heterocycles. The van der Waals surface area contributed by atoms with Crippen molar-refractivity contribution in [3.63, 3.8) is 0 Å². The average molecular weight is 227 g/mol. The first-order chi connectivity index (χ1) is 7.62. The lowest BCUT2D eigenvalue weighted by Crippen LogP contribution is -2.51. The third-order valence-corrected chi connectivity index (χ3v) is 3.27. The first-order valence-electron chi connectivity index (χ1n) is 6.48. The minimum absolute atomic E-state index is 0.115. The zero-order chi connectivity index (χ0) is 12.0. The largest absolute Gasteiger partial charge is 0.468 e. The number of hydrogen-bond donors (Lipinski definition) is 1. The summed E-state index contributed by atoms with van der Waals surface area (Å²) in [6.07, 6.45) is 8.06. The van der Waals surface area contributed by atoms with E-state index in [1.807, 2.05) is 6.92 Å². The standard InChI is InChI=1S/C13H25NO2/c1-4-5-6-7-10-13(2,12(15)16-3)14-11-8-9-11/h11,14H,4-10H2,1-3H3. The van der Waals surface area contributed by atoms with Crippen molar-refractivity contribution >= 4 is 5.97 Å². The molecular weight excluding hydrogens is 202 g/mol. The Bertz CT molecular complexity index is 226. The highest BCUT2D eigenvalue weighted by Gasteiger charge is 2.38. The van der Waals surface area contributed by atoms with Crippen molar-refractivity contribution in [3.8, 4) is 0 Å². The van der Waals surface area contributed by atoms with Crippen molar-refractivity contribution in [2.45, 2.75) is 70.4 Å². The van der Waals surface area contributed by atoms with E-state index in [-0.39, 0.29) is 5.97 Å². The minimum Gasteiger partial charge on any atom is -0.468 e. The van der Waals surface area contributed by atoms with Crippen LogP contribution in [-0.4, -0.2) is 24.7 Å². The van der Waals surface area contributed by atoms with Gasteiger partial charge in [-0.15, -0.1) is 0 Å². The van der Waals surface area contributed by atoms with E-state index >= 15 is 0 Å². The molecule has 1 fully saturated rings. The lowest BCUT2D eigenvalue weighted by molar-refractivity contribution is -0.148. The van der Waals surface area contributed by atoms with Crippen molar-refractivity contribution in [3.05, 3.63) is 0 Å². The average Bonchev–Trinajstić information content (AvgIpc) is 3.07. The molecule has 0 aromatic carbocycles. The van der Waals surface area contributed by atoms with Crippen molar-refractivity contribution < 1.29 is 9.53 Å². The van der Waals surface area contributed by atoms with Crippen LogP contribution in [-0.2, 0) is 9.53 Å². The minimum atomic E-state index is -0.469. The Labute approximate surface area is 98.9 Å². The van der Waals surface area contributed by atoms with Crippen molar-refractivity contribution in [1.82, 2.24) is 5.32 Å². The Kier molecular flexibility index (Phi) is 5.26. The van der Waals surface area contributed by atoms with Gasteiger partial charge in [-0.1, -0.05) is 32.6 Å². The smallest absolute Gasteiger partial charge is 0.325 e. The molecule has 1 unspecified atom stereocenters. The molecule has 1 N–H and O–H groups in total. The maximum Gasteiger partial charge on any atom is 0.325 e. The molecule has 1 aliphatic carbocycles. The molecule has 1 atom stereocenters. The first-order valence-corrected chi connectivity index (χ1v) is 6.48. The fraction of sp³-hybridized carbons (Fsp3) is 0.923. The van der Waals surface area contributed by atoms with Gasteiger partial charge < -0.3 is 4.74 Å². The summed E-state index contributed by atoms with van der Waals surface area (Å²) in [6.45, 7) is 4.17. The predicted molar refractivity (Wildman–Crippen MR) is 65.3 cm³/mol. The number of carbonyl (C=O) groups is 1. The molecule has 3 heteroatoms. The number of carbonyl (C=O) groups excluding carboxylic acids is 1. The van der Waals surface area contributed by atoms with E-state index in [9.17, 15) is 4.79 Å². The van der Waals surface area contributed by atoms with E-state index in [0.717, 1.165) is 12.8 Å². The molecular formula is C13H25NO2. The summed E-state index contributed by atoms with van der Waals surface area (Å²) in [5, 5.41) is 3.42. The lowest BCUT2D eigenvalue weighted by atomic mass is 9.94. The Morgan fingerprint density at radius 2 is 2.06 bits per heavy atom. The highest BCUT2D eigenvalue weighted by Crippen LogP contribution is 2.26. The number of hydrogen-bond acceptors (Lipinski definition) is 3. The van der Waals surface area contributed by atoms with Crippen LogP contribution in [0.25, 0.3) is 0 Å². The van der Waals surface area contributed by atoms with E-state index in [0.29, 0.717) is 6.04 Å². The quantitative estimate of drug-likeness (QED) is 0.512. The number of ether oxygens (including phenoxy) is 1. The van der Waals surface area contributed by atoms with Gasteiger partial charge in [0, 0.05) is 6.04 Å². The third-order valence-electron chi connectivity index (χ3n) is 3.27. The third kappa shape index (κ3) is 4.12. The van der Waals surface area contributed by atoms with E-state index in [4.69, 9.17) is 4.74 Å². The van der Waals surface area contributed by atoms with Crippen LogP contribution in [0.5, 0.6) is 0 Å². The number of esters is 1. The molecule has 94 valence electrons. The summed E-state index contributed by atoms with van der Waals surface area (Å²) in [7, 11) is 1.47. The summed E-state index contributed by atoms with van der Waals surface area (Å²) in [5.41, 5.74) is -0.469. The second-order valence-corrected chi connectivity index (χ2v) is 5.05. The van der Waals surface area contributed by atoms with E-state index in [2.05, 4.69) is 12.2 Å². The number of nitrogens with one attached hydrogen (secondary N) is 1. The zero-order valence-corrected chi connectivity index (χ0v) is 10.8. The van der Waals surface area contributed by atoms with Crippen LogP contribution in [0.1, 0.15) is 58.8 Å². The summed E-state index contributed by atoms with van der Waals surface area (Å²) in [6, 6.07) is 0.537. The van der Waals surface area contributed by atoms with Crippen LogP contribution in [0.2, 0.25) is 0 Å². The van der Waals surface area contributed by atoms with Gasteiger partial charge >= 0.3 is 5.97 Å². The molecule has 3 nitrogen and oxygen atoms in total. The van der Waals surface area contributed by atoms with Gasteiger partial charge in [-0.2, -0.15) is 0 Å². The number of methoxy groups -OCH3 is 1. The molecule has 1 saturated carbocycles. The Hall–Kier alpha value is -0.570. The van der Waals surface area contributed by atoms with Gasteiger partial charge in [-0.3, -0.25) is 10.1 Å². The highest BCUT2D eigenvalue weighted by molar-refractivity contribution is 5.80.